The summed E-state index contributed by atoms with van der Waals surface area (Å²) in [5.74, 6) is 0. The van der Waals surface area contributed by atoms with Crippen molar-refractivity contribution in [2.24, 2.45) is 0 Å². The average molecular weight is 324 g/mol. The molecule has 0 fully saturated rings. The van der Waals surface area contributed by atoms with Crippen LogP contribution in [0.15, 0.2) is 66.7 Å². The Balaban J connectivity index is 2.02. The predicted molar refractivity (Wildman–Crippen MR) is 104 cm³/mol. The first kappa shape index (κ1) is 15.5. The summed E-state index contributed by atoms with van der Waals surface area (Å²) in [5, 5.41) is 11.5. The molecule has 0 aliphatic rings. The van der Waals surface area contributed by atoms with E-state index in [0.29, 0.717) is 5.56 Å². The highest BCUT2D eigenvalue weighted by Gasteiger charge is 2.15. The first-order valence-corrected chi connectivity index (χ1v) is 8.53. The van der Waals surface area contributed by atoms with Gasteiger partial charge < -0.3 is 4.57 Å². The quantitative estimate of drug-likeness (QED) is 0.425. The zero-order valence-corrected chi connectivity index (χ0v) is 14.7. The summed E-state index contributed by atoms with van der Waals surface area (Å²) in [6, 6.07) is 25.3. The number of hydrogen-bond acceptors (Lipinski definition) is 1. The predicted octanol–water partition coefficient (Wildman–Crippen LogP) is 5.95. The van der Waals surface area contributed by atoms with Gasteiger partial charge in [-0.3, -0.25) is 0 Å². The molecule has 0 unspecified atom stereocenters. The molecule has 25 heavy (non-hydrogen) atoms. The van der Waals surface area contributed by atoms with E-state index >= 15 is 0 Å². The molecule has 3 aromatic carbocycles. The zero-order valence-electron chi connectivity index (χ0n) is 14.7. The topological polar surface area (TPSA) is 28.7 Å². The van der Waals surface area contributed by atoms with Gasteiger partial charge in [-0.2, -0.15) is 5.26 Å². The first-order valence-electron chi connectivity index (χ1n) is 8.53. The molecule has 122 valence electrons. The number of fused-ring (bicyclic) bond motifs is 3. The lowest BCUT2D eigenvalue weighted by Gasteiger charge is -2.19. The molecule has 0 saturated carbocycles. The van der Waals surface area contributed by atoms with Crippen LogP contribution in [0.2, 0.25) is 0 Å². The molecule has 2 heteroatoms. The molecule has 4 rings (SSSR count). The van der Waals surface area contributed by atoms with Gasteiger partial charge in [-0.15, -0.1) is 0 Å². The maximum absolute atomic E-state index is 9.24. The van der Waals surface area contributed by atoms with Crippen molar-refractivity contribution in [3.8, 4) is 11.8 Å². The highest BCUT2D eigenvalue weighted by Crippen LogP contribution is 2.33. The lowest BCUT2D eigenvalue weighted by atomic mass is 9.87. The van der Waals surface area contributed by atoms with Crippen molar-refractivity contribution in [1.82, 2.24) is 4.57 Å². The Morgan fingerprint density at radius 1 is 0.800 bits per heavy atom. The molecular formula is C23H20N2. The largest absolute Gasteiger partial charge is 0.309 e. The van der Waals surface area contributed by atoms with E-state index in [-0.39, 0.29) is 5.41 Å². The fourth-order valence-electron chi connectivity index (χ4n) is 3.43. The third-order valence-electron chi connectivity index (χ3n) is 4.79. The van der Waals surface area contributed by atoms with Crippen molar-refractivity contribution < 1.29 is 0 Å². The van der Waals surface area contributed by atoms with E-state index in [1.807, 2.05) is 24.3 Å². The van der Waals surface area contributed by atoms with Crippen LogP contribution in [0.25, 0.3) is 27.5 Å². The smallest absolute Gasteiger partial charge is 0.0991 e. The van der Waals surface area contributed by atoms with Crippen LogP contribution in [0.1, 0.15) is 31.9 Å². The van der Waals surface area contributed by atoms with Crippen molar-refractivity contribution in [3.63, 3.8) is 0 Å². The van der Waals surface area contributed by atoms with E-state index in [2.05, 4.69) is 73.9 Å². The van der Waals surface area contributed by atoms with Crippen LogP contribution in [-0.4, -0.2) is 4.57 Å². The molecule has 0 atom stereocenters. The average Bonchev–Trinajstić information content (AvgIpc) is 2.94. The molecule has 0 N–H and O–H groups in total. The van der Waals surface area contributed by atoms with Crippen molar-refractivity contribution >= 4 is 21.8 Å². The zero-order chi connectivity index (χ0) is 17.6. The summed E-state index contributed by atoms with van der Waals surface area (Å²) in [7, 11) is 0. The van der Waals surface area contributed by atoms with E-state index in [9.17, 15) is 5.26 Å². The Kier molecular flexibility index (Phi) is 3.40. The van der Waals surface area contributed by atoms with Gasteiger partial charge in [0.25, 0.3) is 0 Å². The maximum Gasteiger partial charge on any atom is 0.0991 e. The number of rotatable bonds is 1. The number of aromatic nitrogens is 1. The van der Waals surface area contributed by atoms with Gasteiger partial charge in [0.15, 0.2) is 0 Å². The van der Waals surface area contributed by atoms with E-state index < -0.39 is 0 Å². The second-order valence-corrected chi connectivity index (χ2v) is 7.49. The number of nitriles is 1. The molecular weight excluding hydrogens is 304 g/mol. The van der Waals surface area contributed by atoms with Crippen molar-refractivity contribution in [1.29, 1.82) is 5.26 Å². The summed E-state index contributed by atoms with van der Waals surface area (Å²) in [5.41, 5.74) is 5.59. The summed E-state index contributed by atoms with van der Waals surface area (Å²) >= 11 is 0. The van der Waals surface area contributed by atoms with E-state index in [4.69, 9.17) is 0 Å². The molecule has 0 radical (unpaired) electrons. The van der Waals surface area contributed by atoms with Gasteiger partial charge in [-0.1, -0.05) is 51.1 Å². The molecule has 4 aromatic rings. The molecule has 1 aromatic heterocycles. The van der Waals surface area contributed by atoms with Crippen molar-refractivity contribution in [2.75, 3.05) is 0 Å². The summed E-state index contributed by atoms with van der Waals surface area (Å²) < 4.78 is 2.28. The first-order chi connectivity index (χ1) is 12.0. The van der Waals surface area contributed by atoms with Crippen LogP contribution >= 0.6 is 0 Å². The minimum atomic E-state index is 0.140. The van der Waals surface area contributed by atoms with Gasteiger partial charge in [0, 0.05) is 16.5 Å². The Labute approximate surface area is 147 Å². The van der Waals surface area contributed by atoms with Crippen molar-refractivity contribution in [2.45, 2.75) is 26.2 Å². The molecule has 0 aliphatic carbocycles. The number of nitrogens with zero attached hydrogens (tertiary/aromatic N) is 2. The van der Waals surface area contributed by atoms with E-state index in [1.165, 1.54) is 10.9 Å². The molecule has 1 heterocycles. The molecule has 0 bridgehead atoms. The van der Waals surface area contributed by atoms with Crippen LogP contribution in [-0.2, 0) is 5.41 Å². The van der Waals surface area contributed by atoms with Gasteiger partial charge in [0.1, 0.15) is 0 Å². The van der Waals surface area contributed by atoms with E-state index in [1.54, 1.807) is 0 Å². The Bertz CT molecular complexity index is 1120. The molecule has 0 amide bonds. The van der Waals surface area contributed by atoms with Gasteiger partial charge in [-0.05, 0) is 47.4 Å². The SMILES string of the molecule is CC(C)(C)c1ccc(-n2c3ccccc3c3cc(C#N)ccc32)cc1. The standard InChI is InChI=1S/C23H20N2/c1-23(2,3)17-9-11-18(12-10-17)25-21-7-5-4-6-19(21)20-14-16(15-24)8-13-22(20)25/h4-14H,1-3H3. The second kappa shape index (κ2) is 5.50. The maximum atomic E-state index is 9.24. The van der Waals surface area contributed by atoms with Crippen LogP contribution in [0.3, 0.4) is 0 Å². The van der Waals surface area contributed by atoms with Crippen LogP contribution in [0, 0.1) is 11.3 Å². The van der Waals surface area contributed by atoms with Crippen LogP contribution in [0.4, 0.5) is 0 Å². The Morgan fingerprint density at radius 3 is 2.16 bits per heavy atom. The normalized spacial score (nSPS) is 11.8. The van der Waals surface area contributed by atoms with Gasteiger partial charge in [0.05, 0.1) is 22.7 Å². The van der Waals surface area contributed by atoms with Crippen LogP contribution < -0.4 is 0 Å². The van der Waals surface area contributed by atoms with Gasteiger partial charge >= 0.3 is 0 Å². The lowest BCUT2D eigenvalue weighted by molar-refractivity contribution is 0.590. The summed E-state index contributed by atoms with van der Waals surface area (Å²) in [4.78, 5) is 0. The lowest BCUT2D eigenvalue weighted by Crippen LogP contribution is -2.10. The van der Waals surface area contributed by atoms with Crippen molar-refractivity contribution in [3.05, 3.63) is 77.9 Å². The third kappa shape index (κ3) is 2.49. The molecule has 0 aliphatic heterocycles. The monoisotopic (exact) mass is 324 g/mol. The van der Waals surface area contributed by atoms with Crippen LogP contribution in [0.5, 0.6) is 0 Å². The summed E-state index contributed by atoms with van der Waals surface area (Å²) in [6.07, 6.45) is 0. The Morgan fingerprint density at radius 2 is 1.48 bits per heavy atom. The highest BCUT2D eigenvalue weighted by molar-refractivity contribution is 6.09. The fourth-order valence-corrected chi connectivity index (χ4v) is 3.43. The van der Waals surface area contributed by atoms with E-state index in [0.717, 1.165) is 22.1 Å². The number of para-hydroxylation sites is 1. The molecule has 0 spiro atoms. The number of hydrogen-bond donors (Lipinski definition) is 0. The van der Waals surface area contributed by atoms with Gasteiger partial charge in [0.2, 0.25) is 0 Å². The number of benzene rings is 3. The Hall–Kier alpha value is -3.05. The van der Waals surface area contributed by atoms with Gasteiger partial charge in [-0.25, -0.2) is 0 Å². The third-order valence-corrected chi connectivity index (χ3v) is 4.79. The minimum absolute atomic E-state index is 0.140. The second-order valence-electron chi connectivity index (χ2n) is 7.49. The molecule has 0 saturated heterocycles. The summed E-state index contributed by atoms with van der Waals surface area (Å²) in [6.45, 7) is 6.68. The molecule has 2 nitrogen and oxygen atoms in total. The highest BCUT2D eigenvalue weighted by atomic mass is 15.0. The fraction of sp³-hybridized carbons (Fsp3) is 0.174. The minimum Gasteiger partial charge on any atom is -0.309 e.